The number of carbonyl (C=O) groups excluding carboxylic acids is 1. The number of urea groups is 1. The molecule has 0 radical (unpaired) electrons. The molecule has 0 saturated carbocycles. The van der Waals surface area contributed by atoms with Gasteiger partial charge in [0.05, 0.1) is 5.56 Å². The zero-order chi connectivity index (χ0) is 19.0. The van der Waals surface area contributed by atoms with E-state index in [1.165, 1.54) is 12.1 Å². The van der Waals surface area contributed by atoms with Crippen molar-refractivity contribution >= 4 is 17.4 Å². The Balaban J connectivity index is 2.08. The fraction of sp³-hybridized carbons (Fsp3) is 0.350. The third kappa shape index (κ3) is 5.79. The number of anilines is 2. The molecule has 0 unspecified atom stereocenters. The highest BCUT2D eigenvalue weighted by molar-refractivity contribution is 6.01. The first-order valence-corrected chi connectivity index (χ1v) is 8.72. The average Bonchev–Trinajstić information content (AvgIpc) is 2.62. The number of unbranched alkanes of at least 4 members (excludes halogenated alkanes) is 3. The van der Waals surface area contributed by atoms with Crippen molar-refractivity contribution in [1.82, 2.24) is 0 Å². The molecule has 0 aliphatic carbocycles. The number of alkyl halides is 3. The van der Waals surface area contributed by atoms with Crippen molar-refractivity contribution in [2.24, 2.45) is 0 Å². The van der Waals surface area contributed by atoms with Gasteiger partial charge in [0.2, 0.25) is 0 Å². The van der Waals surface area contributed by atoms with Gasteiger partial charge in [-0.1, -0.05) is 44.4 Å². The van der Waals surface area contributed by atoms with E-state index in [0.717, 1.165) is 43.5 Å². The molecular weight excluding hydrogens is 341 g/mol. The highest BCUT2D eigenvalue weighted by Crippen LogP contribution is 2.30. The fourth-order valence-corrected chi connectivity index (χ4v) is 2.59. The Morgan fingerprint density at radius 2 is 1.62 bits per heavy atom. The lowest BCUT2D eigenvalue weighted by Gasteiger charge is -2.23. The van der Waals surface area contributed by atoms with Gasteiger partial charge in [0.1, 0.15) is 0 Å². The maximum absolute atomic E-state index is 12.7. The fourth-order valence-electron chi connectivity index (χ4n) is 2.59. The van der Waals surface area contributed by atoms with Crippen molar-refractivity contribution in [1.29, 1.82) is 0 Å². The highest BCUT2D eigenvalue weighted by atomic mass is 19.4. The molecule has 0 aromatic heterocycles. The molecule has 1 N–H and O–H groups in total. The summed E-state index contributed by atoms with van der Waals surface area (Å²) in [6.07, 6.45) is -0.305. The van der Waals surface area contributed by atoms with E-state index in [0.29, 0.717) is 12.2 Å². The Morgan fingerprint density at radius 3 is 2.19 bits per heavy atom. The first-order chi connectivity index (χ1) is 12.4. The molecular formula is C20H23F3N2O. The van der Waals surface area contributed by atoms with E-state index in [2.05, 4.69) is 12.2 Å². The summed E-state index contributed by atoms with van der Waals surface area (Å²) in [7, 11) is 0. The lowest BCUT2D eigenvalue weighted by Crippen LogP contribution is -2.35. The van der Waals surface area contributed by atoms with Gasteiger partial charge in [-0.05, 0) is 42.8 Å². The summed E-state index contributed by atoms with van der Waals surface area (Å²) < 4.78 is 37.9. The van der Waals surface area contributed by atoms with Crippen LogP contribution in [0.3, 0.4) is 0 Å². The second kappa shape index (κ2) is 9.27. The number of rotatable bonds is 7. The summed E-state index contributed by atoms with van der Waals surface area (Å²) in [6, 6.07) is 13.3. The van der Waals surface area contributed by atoms with E-state index in [9.17, 15) is 18.0 Å². The van der Waals surface area contributed by atoms with Gasteiger partial charge in [0, 0.05) is 17.9 Å². The molecule has 0 aliphatic heterocycles. The summed E-state index contributed by atoms with van der Waals surface area (Å²) in [5, 5.41) is 2.68. The monoisotopic (exact) mass is 364 g/mol. The van der Waals surface area contributed by atoms with E-state index >= 15 is 0 Å². The molecule has 2 aromatic carbocycles. The molecule has 2 amide bonds. The van der Waals surface area contributed by atoms with Gasteiger partial charge in [-0.2, -0.15) is 13.2 Å². The molecule has 0 aliphatic rings. The molecule has 6 heteroatoms. The predicted octanol–water partition coefficient (Wildman–Crippen LogP) is 6.32. The predicted molar refractivity (Wildman–Crippen MR) is 98.4 cm³/mol. The zero-order valence-corrected chi connectivity index (χ0v) is 14.7. The van der Waals surface area contributed by atoms with Crippen molar-refractivity contribution in [2.45, 2.75) is 38.8 Å². The minimum absolute atomic E-state index is 0.331. The van der Waals surface area contributed by atoms with Crippen LogP contribution in [0.5, 0.6) is 0 Å². The van der Waals surface area contributed by atoms with Gasteiger partial charge in [0.25, 0.3) is 0 Å². The van der Waals surface area contributed by atoms with Gasteiger partial charge in [-0.15, -0.1) is 0 Å². The quantitative estimate of drug-likeness (QED) is 0.573. The number of amides is 2. The van der Waals surface area contributed by atoms with Crippen molar-refractivity contribution < 1.29 is 18.0 Å². The maximum atomic E-state index is 12.7. The first-order valence-electron chi connectivity index (χ1n) is 8.72. The summed E-state index contributed by atoms with van der Waals surface area (Å²) in [4.78, 5) is 14.3. The molecule has 0 bridgehead atoms. The normalized spacial score (nSPS) is 11.2. The van der Waals surface area contributed by atoms with Crippen LogP contribution in [-0.2, 0) is 6.18 Å². The van der Waals surface area contributed by atoms with Crippen molar-refractivity contribution in [3.05, 3.63) is 60.2 Å². The SMILES string of the molecule is CCCCCCN(C(=O)Nc1ccc(C(F)(F)F)cc1)c1ccccc1. The molecule has 0 spiro atoms. The van der Waals surface area contributed by atoms with Gasteiger partial charge in [-0.25, -0.2) is 4.79 Å². The molecule has 26 heavy (non-hydrogen) atoms. The van der Waals surface area contributed by atoms with Gasteiger partial charge in [0.15, 0.2) is 0 Å². The van der Waals surface area contributed by atoms with Crippen LogP contribution in [0.4, 0.5) is 29.3 Å². The second-order valence-electron chi connectivity index (χ2n) is 6.05. The number of carbonyl (C=O) groups is 1. The van der Waals surface area contributed by atoms with Crippen molar-refractivity contribution in [3.63, 3.8) is 0 Å². The van der Waals surface area contributed by atoms with Gasteiger partial charge < -0.3 is 5.32 Å². The van der Waals surface area contributed by atoms with Crippen LogP contribution in [0.25, 0.3) is 0 Å². The number of benzene rings is 2. The maximum Gasteiger partial charge on any atom is 0.416 e. The van der Waals surface area contributed by atoms with Crippen LogP contribution in [0.15, 0.2) is 54.6 Å². The minimum atomic E-state index is -4.39. The largest absolute Gasteiger partial charge is 0.416 e. The lowest BCUT2D eigenvalue weighted by molar-refractivity contribution is -0.137. The smallest absolute Gasteiger partial charge is 0.308 e. The minimum Gasteiger partial charge on any atom is -0.308 e. The second-order valence-corrected chi connectivity index (χ2v) is 6.05. The third-order valence-electron chi connectivity index (χ3n) is 4.01. The molecule has 0 fully saturated rings. The zero-order valence-electron chi connectivity index (χ0n) is 14.7. The summed E-state index contributed by atoms with van der Waals surface area (Å²) >= 11 is 0. The Labute approximate surface area is 151 Å². The van der Waals surface area contributed by atoms with E-state index < -0.39 is 11.7 Å². The van der Waals surface area contributed by atoms with Crippen LogP contribution < -0.4 is 10.2 Å². The standard InChI is InChI=1S/C20H23F3N2O/c1-2-3-4-8-15-25(18-9-6-5-7-10-18)19(26)24-17-13-11-16(12-14-17)20(21,22)23/h5-7,9-14H,2-4,8,15H2,1H3,(H,24,26). The van der Waals surface area contributed by atoms with Crippen molar-refractivity contribution in [2.75, 3.05) is 16.8 Å². The first kappa shape index (κ1) is 19.8. The van der Waals surface area contributed by atoms with E-state index in [1.54, 1.807) is 4.90 Å². The molecule has 0 heterocycles. The number of nitrogens with one attached hydrogen (secondary N) is 1. The Hall–Kier alpha value is -2.50. The number of hydrogen-bond donors (Lipinski definition) is 1. The lowest BCUT2D eigenvalue weighted by atomic mass is 10.2. The van der Waals surface area contributed by atoms with Crippen LogP contribution in [-0.4, -0.2) is 12.6 Å². The summed E-state index contributed by atoms with van der Waals surface area (Å²) in [6.45, 7) is 2.67. The molecule has 2 rings (SSSR count). The summed E-state index contributed by atoms with van der Waals surface area (Å²) in [5.74, 6) is 0. The Morgan fingerprint density at radius 1 is 0.962 bits per heavy atom. The van der Waals surface area contributed by atoms with E-state index in [4.69, 9.17) is 0 Å². The van der Waals surface area contributed by atoms with Crippen molar-refractivity contribution in [3.8, 4) is 0 Å². The topological polar surface area (TPSA) is 32.3 Å². The number of halogens is 3. The van der Waals surface area contributed by atoms with Crippen LogP contribution in [0, 0.1) is 0 Å². The van der Waals surface area contributed by atoms with E-state index in [1.807, 2.05) is 30.3 Å². The van der Waals surface area contributed by atoms with Gasteiger partial charge in [-0.3, -0.25) is 4.90 Å². The Bertz CT molecular complexity index is 684. The molecule has 0 saturated heterocycles. The Kier molecular flexibility index (Phi) is 7.06. The van der Waals surface area contributed by atoms with Crippen LogP contribution >= 0.6 is 0 Å². The number of para-hydroxylation sites is 1. The molecule has 3 nitrogen and oxygen atoms in total. The third-order valence-corrected chi connectivity index (χ3v) is 4.01. The molecule has 0 atom stereocenters. The highest BCUT2D eigenvalue weighted by Gasteiger charge is 2.30. The van der Waals surface area contributed by atoms with E-state index in [-0.39, 0.29) is 6.03 Å². The molecule has 140 valence electrons. The number of hydrogen-bond acceptors (Lipinski definition) is 1. The summed E-state index contributed by atoms with van der Waals surface area (Å²) in [5.41, 5.74) is 0.348. The molecule has 2 aromatic rings. The average molecular weight is 364 g/mol. The van der Waals surface area contributed by atoms with Gasteiger partial charge >= 0.3 is 12.2 Å². The number of nitrogens with zero attached hydrogens (tertiary/aromatic N) is 1. The van der Waals surface area contributed by atoms with Crippen LogP contribution in [0.1, 0.15) is 38.2 Å². The van der Waals surface area contributed by atoms with Crippen LogP contribution in [0.2, 0.25) is 0 Å².